The van der Waals surface area contributed by atoms with Crippen molar-refractivity contribution < 1.29 is 14.3 Å². The summed E-state index contributed by atoms with van der Waals surface area (Å²) in [5, 5.41) is 0. The minimum atomic E-state index is -0.295. The van der Waals surface area contributed by atoms with Gasteiger partial charge in [0, 0.05) is 24.3 Å². The first-order valence-electron chi connectivity index (χ1n) is 5.28. The van der Waals surface area contributed by atoms with Crippen LogP contribution in [0.15, 0.2) is 35.9 Å². The minimum Gasteiger partial charge on any atom is -0.380 e. The molecule has 0 spiro atoms. The fourth-order valence-electron chi connectivity index (χ4n) is 1.82. The largest absolute Gasteiger partial charge is 0.380 e. The molecular formula is C13H13NO3. The fraction of sp³-hybridized carbons (Fsp3) is 0.231. The van der Waals surface area contributed by atoms with E-state index >= 15 is 0 Å². The second kappa shape index (κ2) is 4.51. The van der Waals surface area contributed by atoms with E-state index in [1.165, 1.54) is 11.0 Å². The summed E-state index contributed by atoms with van der Waals surface area (Å²) in [6.45, 7) is 2.01. The van der Waals surface area contributed by atoms with Crippen molar-refractivity contribution in [1.29, 1.82) is 0 Å². The van der Waals surface area contributed by atoms with Gasteiger partial charge in [-0.25, -0.2) is 4.90 Å². The number of carbonyl (C=O) groups is 2. The van der Waals surface area contributed by atoms with Crippen LogP contribution in [0.25, 0.3) is 0 Å². The Bertz CT molecular complexity index is 505. The van der Waals surface area contributed by atoms with Gasteiger partial charge in [0.05, 0.1) is 12.3 Å². The van der Waals surface area contributed by atoms with Crippen LogP contribution >= 0.6 is 0 Å². The van der Waals surface area contributed by atoms with Crippen LogP contribution in [0.1, 0.15) is 12.5 Å². The van der Waals surface area contributed by atoms with Gasteiger partial charge >= 0.3 is 0 Å². The number of hydrogen-bond donors (Lipinski definition) is 0. The summed E-state index contributed by atoms with van der Waals surface area (Å²) in [6.07, 6.45) is 1.35. The summed E-state index contributed by atoms with van der Waals surface area (Å²) in [4.78, 5) is 24.8. The molecule has 0 aromatic heterocycles. The highest BCUT2D eigenvalue weighted by Gasteiger charge is 2.30. The Morgan fingerprint density at radius 1 is 1.24 bits per heavy atom. The van der Waals surface area contributed by atoms with Gasteiger partial charge in [-0.05, 0) is 13.0 Å². The van der Waals surface area contributed by atoms with Crippen LogP contribution in [0.2, 0.25) is 0 Å². The maximum absolute atomic E-state index is 11.9. The molecule has 17 heavy (non-hydrogen) atoms. The summed E-state index contributed by atoms with van der Waals surface area (Å²) >= 11 is 0. The number of ether oxygens (including phenoxy) is 1. The number of nitrogens with zero attached hydrogens (tertiary/aromatic N) is 1. The Morgan fingerprint density at radius 2 is 1.94 bits per heavy atom. The van der Waals surface area contributed by atoms with Crippen LogP contribution in [0.3, 0.4) is 0 Å². The van der Waals surface area contributed by atoms with E-state index in [2.05, 4.69) is 0 Å². The lowest BCUT2D eigenvalue weighted by Gasteiger charge is -2.18. The van der Waals surface area contributed by atoms with Gasteiger partial charge in [-0.1, -0.05) is 18.2 Å². The zero-order chi connectivity index (χ0) is 12.4. The summed E-state index contributed by atoms with van der Waals surface area (Å²) in [5.74, 6) is -0.561. The van der Waals surface area contributed by atoms with Gasteiger partial charge in [0.15, 0.2) is 0 Å². The van der Waals surface area contributed by atoms with E-state index in [4.69, 9.17) is 4.74 Å². The maximum atomic E-state index is 11.9. The molecule has 1 aliphatic rings. The molecule has 0 atom stereocenters. The first-order valence-corrected chi connectivity index (χ1v) is 5.28. The van der Waals surface area contributed by atoms with E-state index in [-0.39, 0.29) is 11.8 Å². The summed E-state index contributed by atoms with van der Waals surface area (Å²) in [5.41, 5.74) is 1.87. The number of rotatable bonds is 3. The van der Waals surface area contributed by atoms with Crippen LogP contribution in [-0.4, -0.2) is 18.9 Å². The third-order valence-corrected chi connectivity index (χ3v) is 2.63. The summed E-state index contributed by atoms with van der Waals surface area (Å²) in [6, 6.07) is 7.23. The van der Waals surface area contributed by atoms with Crippen molar-refractivity contribution in [3.8, 4) is 0 Å². The third-order valence-electron chi connectivity index (χ3n) is 2.63. The van der Waals surface area contributed by atoms with Crippen LogP contribution in [0, 0.1) is 0 Å². The molecule has 0 radical (unpaired) electrons. The molecule has 1 aliphatic heterocycles. The van der Waals surface area contributed by atoms with Crippen molar-refractivity contribution in [2.45, 2.75) is 13.5 Å². The lowest BCUT2D eigenvalue weighted by atomic mass is 10.1. The number of benzene rings is 1. The molecule has 0 aliphatic carbocycles. The molecule has 0 saturated carbocycles. The van der Waals surface area contributed by atoms with Gasteiger partial charge in [-0.15, -0.1) is 0 Å². The molecule has 2 amide bonds. The standard InChI is InChI=1S/C13H13NO3/c1-9-7-12(15)14(13(9)16)11-6-4-3-5-10(11)8-17-2/h3-7H,8H2,1-2H3. The van der Waals surface area contributed by atoms with Crippen molar-refractivity contribution in [2.24, 2.45) is 0 Å². The SMILES string of the molecule is COCc1ccccc1N1C(=O)C=C(C)C1=O. The van der Waals surface area contributed by atoms with E-state index in [1.54, 1.807) is 26.2 Å². The fourth-order valence-corrected chi connectivity index (χ4v) is 1.82. The van der Waals surface area contributed by atoms with E-state index in [9.17, 15) is 9.59 Å². The van der Waals surface area contributed by atoms with Crippen LogP contribution in [-0.2, 0) is 20.9 Å². The number of imide groups is 1. The predicted molar refractivity (Wildman–Crippen MR) is 63.4 cm³/mol. The molecule has 4 heteroatoms. The predicted octanol–water partition coefficient (Wildman–Crippen LogP) is 1.65. The second-order valence-electron chi connectivity index (χ2n) is 3.87. The molecule has 1 aromatic carbocycles. The first kappa shape index (κ1) is 11.5. The summed E-state index contributed by atoms with van der Waals surface area (Å²) in [7, 11) is 1.58. The number of carbonyl (C=O) groups excluding carboxylic acids is 2. The Morgan fingerprint density at radius 3 is 2.53 bits per heavy atom. The number of amides is 2. The zero-order valence-electron chi connectivity index (χ0n) is 9.77. The van der Waals surface area contributed by atoms with E-state index in [1.807, 2.05) is 12.1 Å². The molecule has 88 valence electrons. The Balaban J connectivity index is 2.42. The number of methoxy groups -OCH3 is 1. The van der Waals surface area contributed by atoms with E-state index < -0.39 is 0 Å². The summed E-state index contributed by atoms with van der Waals surface area (Å²) < 4.78 is 5.06. The topological polar surface area (TPSA) is 46.6 Å². The monoisotopic (exact) mass is 231 g/mol. The third kappa shape index (κ3) is 1.99. The zero-order valence-corrected chi connectivity index (χ0v) is 9.77. The first-order chi connectivity index (χ1) is 8.15. The van der Waals surface area contributed by atoms with Crippen LogP contribution in [0.5, 0.6) is 0 Å². The molecule has 0 unspecified atom stereocenters. The van der Waals surface area contributed by atoms with Crippen molar-refractivity contribution in [1.82, 2.24) is 0 Å². The highest BCUT2D eigenvalue weighted by atomic mass is 16.5. The van der Waals surface area contributed by atoms with Crippen molar-refractivity contribution in [2.75, 3.05) is 12.0 Å². The van der Waals surface area contributed by atoms with Gasteiger partial charge in [0.25, 0.3) is 11.8 Å². The quantitative estimate of drug-likeness (QED) is 0.743. The highest BCUT2D eigenvalue weighted by Crippen LogP contribution is 2.26. The lowest BCUT2D eigenvalue weighted by Crippen LogP contribution is -2.31. The van der Waals surface area contributed by atoms with Crippen molar-refractivity contribution >= 4 is 17.5 Å². The number of hydrogen-bond acceptors (Lipinski definition) is 3. The lowest BCUT2D eigenvalue weighted by molar-refractivity contribution is -0.120. The molecule has 0 N–H and O–H groups in total. The molecule has 1 aromatic rings. The maximum Gasteiger partial charge on any atom is 0.261 e. The van der Waals surface area contributed by atoms with Crippen molar-refractivity contribution in [3.63, 3.8) is 0 Å². The van der Waals surface area contributed by atoms with Crippen LogP contribution < -0.4 is 4.90 Å². The number of anilines is 1. The van der Waals surface area contributed by atoms with Gasteiger partial charge in [-0.3, -0.25) is 9.59 Å². The van der Waals surface area contributed by atoms with E-state index in [0.29, 0.717) is 17.9 Å². The Kier molecular flexibility index (Phi) is 3.06. The molecular weight excluding hydrogens is 218 g/mol. The molecule has 0 saturated heterocycles. The second-order valence-corrected chi connectivity index (χ2v) is 3.87. The molecule has 0 bridgehead atoms. The van der Waals surface area contributed by atoms with Gasteiger partial charge in [0.2, 0.25) is 0 Å². The Labute approximate surface area is 99.5 Å². The highest BCUT2D eigenvalue weighted by molar-refractivity contribution is 6.30. The normalized spacial score (nSPS) is 15.4. The Hall–Kier alpha value is -1.94. The van der Waals surface area contributed by atoms with Crippen molar-refractivity contribution in [3.05, 3.63) is 41.5 Å². The molecule has 0 fully saturated rings. The van der Waals surface area contributed by atoms with E-state index in [0.717, 1.165) is 5.56 Å². The molecule has 4 nitrogen and oxygen atoms in total. The molecule has 1 heterocycles. The average Bonchev–Trinajstić information content (AvgIpc) is 2.55. The number of para-hydroxylation sites is 1. The van der Waals surface area contributed by atoms with Gasteiger partial charge < -0.3 is 4.74 Å². The van der Waals surface area contributed by atoms with Crippen LogP contribution in [0.4, 0.5) is 5.69 Å². The molecule has 2 rings (SSSR count). The smallest absolute Gasteiger partial charge is 0.261 e. The average molecular weight is 231 g/mol. The van der Waals surface area contributed by atoms with Gasteiger partial charge in [-0.2, -0.15) is 0 Å². The minimum absolute atomic E-state index is 0.265. The van der Waals surface area contributed by atoms with Gasteiger partial charge in [0.1, 0.15) is 0 Å².